The van der Waals surface area contributed by atoms with Crippen LogP contribution in [0.3, 0.4) is 0 Å². The number of carbonyl (C=O) groups excluding carboxylic acids is 2. The number of rotatable bonds is 13. The van der Waals surface area contributed by atoms with Crippen LogP contribution in [0.25, 0.3) is 0 Å². The van der Waals surface area contributed by atoms with Gasteiger partial charge in [0.25, 0.3) is 5.91 Å². The molecule has 0 aliphatic carbocycles. The standard InChI is InChI=1S/C49H50FN3O5S2/c1-48(2,3)58-47(57)53-31-29-43(60-49(36-15-9-6-10-16-36,37-17-11-7-12-18-37)38-19-13-8-14-20-38)45(53)52(4)40-27-28-41(44(54)51-42(46(55)56)30-32-59-5)35(33-40)24-21-34-22-25-39(50)26-23-34/h6-20,22-23,25-28,33,42-43,45H,29-32H2,1-5H3,(H,51,54)(H,55,56)/t42-,43?,45?/m0/s1. The predicted molar refractivity (Wildman–Crippen MR) is 241 cm³/mol. The average molecular weight is 844 g/mol. The number of hydrogen-bond donors (Lipinski definition) is 2. The van der Waals surface area contributed by atoms with Gasteiger partial charge in [-0.05, 0) is 105 Å². The van der Waals surface area contributed by atoms with Gasteiger partial charge in [0.1, 0.15) is 23.6 Å². The van der Waals surface area contributed by atoms with Gasteiger partial charge in [0.05, 0.1) is 10.3 Å². The molecular formula is C49H50FN3O5S2. The fourth-order valence-electron chi connectivity index (χ4n) is 7.40. The summed E-state index contributed by atoms with van der Waals surface area (Å²) in [6, 6.07) is 41.1. The van der Waals surface area contributed by atoms with Crippen LogP contribution in [0.4, 0.5) is 14.9 Å². The van der Waals surface area contributed by atoms with E-state index in [2.05, 4.69) is 90.0 Å². The first kappa shape index (κ1) is 43.9. The summed E-state index contributed by atoms with van der Waals surface area (Å²) in [5.74, 6) is 4.61. The lowest BCUT2D eigenvalue weighted by molar-refractivity contribution is -0.139. The first-order valence-electron chi connectivity index (χ1n) is 19.8. The van der Waals surface area contributed by atoms with Crippen molar-refractivity contribution in [2.75, 3.05) is 30.5 Å². The maximum atomic E-state index is 14.2. The highest BCUT2D eigenvalue weighted by Gasteiger charge is 2.48. The zero-order valence-corrected chi connectivity index (χ0v) is 36.1. The number of thioether (sulfide) groups is 2. The highest BCUT2D eigenvalue weighted by atomic mass is 32.2. The number of anilines is 1. The summed E-state index contributed by atoms with van der Waals surface area (Å²) in [4.78, 5) is 43.9. The second-order valence-electron chi connectivity index (χ2n) is 15.6. The van der Waals surface area contributed by atoms with Gasteiger partial charge in [-0.15, -0.1) is 11.8 Å². The van der Waals surface area contributed by atoms with Crippen LogP contribution in [0.5, 0.6) is 0 Å². The summed E-state index contributed by atoms with van der Waals surface area (Å²) < 4.78 is 19.1. The topological polar surface area (TPSA) is 99.2 Å². The Hall–Kier alpha value is -5.70. The van der Waals surface area contributed by atoms with Crippen LogP contribution in [0.1, 0.15) is 71.8 Å². The Kier molecular flexibility index (Phi) is 14.3. The molecule has 5 aromatic carbocycles. The molecule has 2 N–H and O–H groups in total. The maximum absolute atomic E-state index is 14.2. The van der Waals surface area contributed by atoms with Crippen molar-refractivity contribution in [3.63, 3.8) is 0 Å². The molecule has 8 nitrogen and oxygen atoms in total. The van der Waals surface area contributed by atoms with E-state index in [1.807, 2.05) is 57.2 Å². The lowest BCUT2D eigenvalue weighted by Gasteiger charge is -2.42. The summed E-state index contributed by atoms with van der Waals surface area (Å²) in [5, 5.41) is 12.4. The summed E-state index contributed by atoms with van der Waals surface area (Å²) in [6.07, 6.45) is 1.81. The molecule has 0 bridgehead atoms. The second kappa shape index (κ2) is 19.6. The van der Waals surface area contributed by atoms with Gasteiger partial charge in [0.15, 0.2) is 0 Å². The first-order chi connectivity index (χ1) is 28.8. The summed E-state index contributed by atoms with van der Waals surface area (Å²) in [6.45, 7) is 5.98. The fourth-order valence-corrected chi connectivity index (χ4v) is 9.82. The van der Waals surface area contributed by atoms with Gasteiger partial charge in [-0.2, -0.15) is 11.8 Å². The molecule has 2 unspecified atom stereocenters. The SMILES string of the molecule is CSCC[C@H](NC(=O)c1ccc(N(C)C2C(SC(c3ccccc3)(c3ccccc3)c3ccccc3)CCN2C(=O)OC(C)(C)C)cc1C#Cc1ccc(F)cc1)C(=O)O. The van der Waals surface area contributed by atoms with Crippen molar-refractivity contribution in [3.8, 4) is 11.8 Å². The number of amides is 2. The molecule has 5 aromatic rings. The van der Waals surface area contributed by atoms with Crippen molar-refractivity contribution in [2.45, 2.75) is 61.4 Å². The predicted octanol–water partition coefficient (Wildman–Crippen LogP) is 9.66. The van der Waals surface area contributed by atoms with E-state index in [4.69, 9.17) is 4.74 Å². The molecule has 11 heteroatoms. The number of nitrogens with zero attached hydrogens (tertiary/aromatic N) is 2. The average Bonchev–Trinajstić information content (AvgIpc) is 3.67. The molecule has 0 aromatic heterocycles. The quantitative estimate of drug-likeness (QED) is 0.0894. The van der Waals surface area contributed by atoms with E-state index in [9.17, 15) is 23.9 Å². The number of hydrogen-bond acceptors (Lipinski definition) is 7. The number of nitrogens with one attached hydrogen (secondary N) is 1. The van der Waals surface area contributed by atoms with Gasteiger partial charge >= 0.3 is 12.1 Å². The van der Waals surface area contributed by atoms with Crippen LogP contribution in [0, 0.1) is 17.7 Å². The Morgan fingerprint density at radius 3 is 1.95 bits per heavy atom. The van der Waals surface area contributed by atoms with Crippen molar-refractivity contribution >= 4 is 47.2 Å². The van der Waals surface area contributed by atoms with Crippen LogP contribution in [0.2, 0.25) is 0 Å². The molecular weight excluding hydrogens is 794 g/mol. The Labute approximate surface area is 360 Å². The zero-order valence-electron chi connectivity index (χ0n) is 34.4. The van der Waals surface area contributed by atoms with Crippen molar-refractivity contribution in [1.82, 2.24) is 10.2 Å². The molecule has 1 aliphatic heterocycles. The fraction of sp³-hybridized carbons (Fsp3) is 0.286. The largest absolute Gasteiger partial charge is 0.480 e. The Bertz CT molecular complexity index is 2220. The van der Waals surface area contributed by atoms with Crippen molar-refractivity contribution in [3.05, 3.63) is 173 Å². The Morgan fingerprint density at radius 2 is 1.43 bits per heavy atom. The molecule has 1 saturated heterocycles. The third kappa shape index (κ3) is 10.4. The number of carboxylic acid groups (broad SMARTS) is 1. The highest BCUT2D eigenvalue weighted by Crippen LogP contribution is 2.53. The van der Waals surface area contributed by atoms with Crippen molar-refractivity contribution < 1.29 is 28.6 Å². The smallest absolute Gasteiger partial charge is 0.411 e. The van der Waals surface area contributed by atoms with E-state index in [1.165, 1.54) is 23.9 Å². The molecule has 0 spiro atoms. The number of halogens is 1. The van der Waals surface area contributed by atoms with Crippen molar-refractivity contribution in [1.29, 1.82) is 0 Å². The van der Waals surface area contributed by atoms with Gasteiger partial charge < -0.3 is 20.1 Å². The van der Waals surface area contributed by atoms with E-state index < -0.39 is 46.3 Å². The molecule has 1 aliphatic rings. The minimum atomic E-state index is -1.13. The molecule has 60 heavy (non-hydrogen) atoms. The molecule has 1 fully saturated rings. The van der Waals surface area contributed by atoms with Gasteiger partial charge in [-0.25, -0.2) is 14.0 Å². The third-order valence-corrected chi connectivity index (χ3v) is 12.7. The minimum Gasteiger partial charge on any atom is -0.480 e. The zero-order chi connectivity index (χ0) is 42.9. The van der Waals surface area contributed by atoms with Crippen molar-refractivity contribution in [2.24, 2.45) is 0 Å². The third-order valence-electron chi connectivity index (χ3n) is 10.3. The highest BCUT2D eigenvalue weighted by molar-refractivity contribution is 8.01. The van der Waals surface area contributed by atoms with Gasteiger partial charge in [0, 0.05) is 35.7 Å². The first-order valence-corrected chi connectivity index (χ1v) is 22.1. The van der Waals surface area contributed by atoms with Crippen LogP contribution in [-0.2, 0) is 14.3 Å². The van der Waals surface area contributed by atoms with E-state index in [0.29, 0.717) is 35.5 Å². The van der Waals surface area contributed by atoms with Gasteiger partial charge in [-0.1, -0.05) is 103 Å². The van der Waals surface area contributed by atoms with E-state index in [0.717, 1.165) is 16.7 Å². The number of ether oxygens (including phenoxy) is 1. The number of aliphatic carboxylic acids is 1. The summed E-state index contributed by atoms with van der Waals surface area (Å²) in [7, 11) is 1.92. The Balaban J connectivity index is 1.47. The van der Waals surface area contributed by atoms with Crippen LogP contribution >= 0.6 is 23.5 Å². The number of benzene rings is 5. The number of carboxylic acids is 1. The molecule has 6 rings (SSSR count). The van der Waals surface area contributed by atoms with Crippen LogP contribution < -0.4 is 10.2 Å². The molecule has 1 heterocycles. The molecule has 310 valence electrons. The molecule has 0 radical (unpaired) electrons. The Morgan fingerprint density at radius 1 is 0.867 bits per heavy atom. The number of likely N-dealkylation sites (tertiary alicyclic amines) is 1. The lowest BCUT2D eigenvalue weighted by atomic mass is 9.84. The van der Waals surface area contributed by atoms with Crippen LogP contribution in [-0.4, -0.2) is 76.6 Å². The van der Waals surface area contributed by atoms with E-state index in [1.54, 1.807) is 47.0 Å². The normalized spacial score (nSPS) is 15.7. The number of carbonyl (C=O) groups is 3. The van der Waals surface area contributed by atoms with Gasteiger partial charge in [-0.3, -0.25) is 9.69 Å². The van der Waals surface area contributed by atoms with Crippen LogP contribution in [0.15, 0.2) is 133 Å². The summed E-state index contributed by atoms with van der Waals surface area (Å²) in [5.41, 5.74) is 4.27. The monoisotopic (exact) mass is 843 g/mol. The van der Waals surface area contributed by atoms with Gasteiger partial charge in [0.2, 0.25) is 0 Å². The second-order valence-corrected chi connectivity index (χ2v) is 18.0. The molecule has 0 saturated carbocycles. The molecule has 2 amide bonds. The maximum Gasteiger partial charge on any atom is 0.411 e. The minimum absolute atomic E-state index is 0.173. The van der Waals surface area contributed by atoms with E-state index in [-0.39, 0.29) is 17.2 Å². The summed E-state index contributed by atoms with van der Waals surface area (Å²) >= 11 is 3.29. The molecule has 3 atom stereocenters. The lowest BCUT2D eigenvalue weighted by Crippen LogP contribution is -2.51. The van der Waals surface area contributed by atoms with E-state index >= 15 is 0 Å².